The van der Waals surface area contributed by atoms with Crippen LogP contribution in [0.2, 0.25) is 0 Å². The van der Waals surface area contributed by atoms with Gasteiger partial charge < -0.3 is 73.0 Å². The minimum absolute atomic E-state index is 0.0279. The van der Waals surface area contributed by atoms with Crippen LogP contribution in [0.25, 0.3) is 32.3 Å². The first kappa shape index (κ1) is 88.6. The summed E-state index contributed by atoms with van der Waals surface area (Å²) in [5.41, 5.74) is 17.7. The third-order valence-electron chi connectivity index (χ3n) is 28.1. The Balaban J connectivity index is 0.000000141. The zero-order chi connectivity index (χ0) is 89.6. The highest BCUT2D eigenvalue weighted by atomic mass is 16.5. The van der Waals surface area contributed by atoms with E-state index in [1.54, 1.807) is 4.90 Å². The van der Waals surface area contributed by atoms with E-state index in [0.29, 0.717) is 145 Å². The zero-order valence-electron chi connectivity index (χ0n) is 75.6. The van der Waals surface area contributed by atoms with E-state index in [4.69, 9.17) is 29.2 Å². The predicted octanol–water partition coefficient (Wildman–Crippen LogP) is 13.9. The fourth-order valence-corrected chi connectivity index (χ4v) is 21.4. The van der Waals surface area contributed by atoms with E-state index >= 15 is 0 Å². The Kier molecular flexibility index (Phi) is 27.2. The number of aromatic nitrogens is 3. The van der Waals surface area contributed by atoms with Gasteiger partial charge in [0.2, 0.25) is 35.4 Å². The molecule has 0 spiro atoms. The van der Waals surface area contributed by atoms with Crippen LogP contribution in [0.1, 0.15) is 126 Å². The van der Waals surface area contributed by atoms with Gasteiger partial charge >= 0.3 is 0 Å². The van der Waals surface area contributed by atoms with Crippen LogP contribution in [0.15, 0.2) is 147 Å². The Labute approximate surface area is 753 Å². The molecule has 9 aliphatic rings. The summed E-state index contributed by atoms with van der Waals surface area (Å²) in [4.78, 5) is 79.1. The average Bonchev–Trinajstić information content (AvgIpc) is 0.987. The fourth-order valence-electron chi connectivity index (χ4n) is 21.4. The first-order valence-corrected chi connectivity index (χ1v) is 45.7. The number of hydrogen-bond donors (Lipinski definition) is 0. The number of carbonyl (C=O) groups excluding carboxylic acids is 3. The van der Waals surface area contributed by atoms with Crippen LogP contribution in [0.5, 0.6) is 17.6 Å². The molecule has 12 heterocycles. The van der Waals surface area contributed by atoms with Crippen molar-refractivity contribution in [1.29, 1.82) is 21.0 Å². The number of nitriles is 4. The van der Waals surface area contributed by atoms with Crippen molar-refractivity contribution >= 4 is 84.2 Å². The van der Waals surface area contributed by atoms with Gasteiger partial charge in [0.25, 0.3) is 0 Å². The van der Waals surface area contributed by atoms with E-state index < -0.39 is 0 Å². The molecule has 0 bridgehead atoms. The Hall–Kier alpha value is -12.8. The summed E-state index contributed by atoms with van der Waals surface area (Å²) in [6.07, 6.45) is 13.2. The van der Waals surface area contributed by atoms with Crippen LogP contribution in [0.4, 0.5) is 34.1 Å². The number of hydrogen-bond acceptors (Lipinski definition) is 22. The Bertz CT molecular complexity index is 5890. The highest BCUT2D eigenvalue weighted by Gasteiger charge is 2.41. The van der Waals surface area contributed by atoms with Crippen LogP contribution in [0, 0.1) is 66.1 Å². The van der Waals surface area contributed by atoms with Crippen LogP contribution >= 0.6 is 0 Å². The van der Waals surface area contributed by atoms with Crippen LogP contribution in [-0.4, -0.2) is 237 Å². The number of rotatable bonds is 19. The van der Waals surface area contributed by atoms with Crippen LogP contribution in [0.3, 0.4) is 0 Å². The molecule has 0 N–H and O–H groups in total. The number of benzene rings is 6. The quantitative estimate of drug-likeness (QED) is 0.0682. The lowest BCUT2D eigenvalue weighted by Gasteiger charge is -2.46. The van der Waals surface area contributed by atoms with E-state index in [2.05, 4.69) is 253 Å². The molecule has 6 saturated heterocycles. The van der Waals surface area contributed by atoms with Gasteiger partial charge in [-0.2, -0.15) is 21.0 Å². The molecule has 1 unspecified atom stereocenters. The zero-order valence-corrected chi connectivity index (χ0v) is 75.6. The number of amides is 3. The Morgan fingerprint density at radius 1 is 0.414 bits per heavy atom. The van der Waals surface area contributed by atoms with Gasteiger partial charge in [0.05, 0.1) is 72.3 Å². The van der Waals surface area contributed by atoms with E-state index in [0.717, 1.165) is 148 Å². The standard InChI is InChI=1S/C35H39N7O2.C35H42N6O2.C33H38N6O2/c1-4-32(43)42-19-18-41(21-26(42)13-15-36)34-28-14-17-40(31-12-6-10-25-9-5-8-24(2)33(25)31)22-30(28)38-35(29(34)20-37)44-23-27-11-7-16-39(27)3;1-6-32(42)41-24(3)19-40(20-25(41)4)34-28-15-17-39(31-14-8-12-26-11-7-10-23(2)33(26)31)21-30(28)37-35(29(34)18-36)43-22-27-13-9-16-38(27)5;1-4-30(40)37-16-18-38(19-17-37)32-26-13-15-39(29-12-6-10-24-9-5-8-23(2)31(24)29)21-28(26)35-33(27(32)20-34)41-22-25-11-7-14-36(25)3/h4-6,8-10,12,26-27H,1,7,11,13-14,16-19,21-23H2,2-3H3;6-8,10-12,14,24-25,27H,1,9,13,15-17,19-22H2,2-5H3;4-6,8-10,12,25H,1,7,11,13-19,21-22H2,2-3H3/t26?,27-;24-,25+,27-;25-/m000/s1. The first-order valence-electron chi connectivity index (χ1n) is 45.7. The molecule has 9 aromatic rings. The van der Waals surface area contributed by atoms with Crippen molar-refractivity contribution in [2.75, 3.05) is 169 Å². The topological polar surface area (TPSA) is 252 Å². The SMILES string of the molecule is C=CC(=O)N1CCN(c2c(C#N)c(OC[C@@H]3CCCN3C)nc3c2CCN(c2cccc4cccc(C)c24)C3)CC1.C=CC(=O)N1CCN(c2c(C#N)c(OC[C@@H]3CCCN3C)nc3c2CCN(c2cccc4cccc(C)c24)C3)CC1CC#N.C=CC(=O)N1[C@H](C)CN(c2c(C#N)c(OC[C@@H]3CCCN3C)nc3c2CCN(c2cccc4cccc(C)c24)C3)C[C@@H]1C. The van der Waals surface area contributed by atoms with Gasteiger partial charge in [0.1, 0.15) is 54.7 Å². The lowest BCUT2D eigenvalue weighted by molar-refractivity contribution is -0.131. The monoisotopic (exact) mass is 1720 g/mol. The van der Waals surface area contributed by atoms with E-state index in [1.807, 2.05) is 9.80 Å². The number of anilines is 6. The lowest BCUT2D eigenvalue weighted by atomic mass is 9.95. The minimum Gasteiger partial charge on any atom is -0.475 e. The molecule has 662 valence electrons. The molecule has 6 fully saturated rings. The van der Waals surface area contributed by atoms with Gasteiger partial charge in [-0.25, -0.2) is 15.0 Å². The number of aryl methyl sites for hydroxylation is 3. The third-order valence-corrected chi connectivity index (χ3v) is 28.1. The van der Waals surface area contributed by atoms with E-state index in [1.165, 1.54) is 84.3 Å². The number of carbonyl (C=O) groups is 3. The number of ether oxygens (including phenoxy) is 3. The van der Waals surface area contributed by atoms with Crippen LogP contribution in [-0.2, 0) is 53.3 Å². The van der Waals surface area contributed by atoms with E-state index in [-0.39, 0.29) is 48.3 Å². The third kappa shape index (κ3) is 18.0. The lowest BCUT2D eigenvalue weighted by Crippen LogP contribution is -2.58. The highest BCUT2D eigenvalue weighted by molar-refractivity contribution is 6.00. The van der Waals surface area contributed by atoms with E-state index in [9.17, 15) is 35.4 Å². The second kappa shape index (κ2) is 39.2. The van der Waals surface area contributed by atoms with Gasteiger partial charge in [-0.15, -0.1) is 0 Å². The smallest absolute Gasteiger partial charge is 0.246 e. The molecule has 25 heteroatoms. The van der Waals surface area contributed by atoms with Gasteiger partial charge in [0.15, 0.2) is 0 Å². The first-order chi connectivity index (χ1) is 62.2. The molecular weight excluding hydrogens is 1600 g/mol. The summed E-state index contributed by atoms with van der Waals surface area (Å²) < 4.78 is 19.2. The van der Waals surface area contributed by atoms with Crippen molar-refractivity contribution in [3.63, 3.8) is 0 Å². The summed E-state index contributed by atoms with van der Waals surface area (Å²) in [5.74, 6) is 0.960. The summed E-state index contributed by atoms with van der Waals surface area (Å²) in [7, 11) is 6.38. The summed E-state index contributed by atoms with van der Waals surface area (Å²) in [5, 5.41) is 48.6. The highest BCUT2D eigenvalue weighted by Crippen LogP contribution is 2.46. The van der Waals surface area contributed by atoms with Crippen molar-refractivity contribution in [3.8, 4) is 41.9 Å². The second-order valence-corrected chi connectivity index (χ2v) is 35.9. The molecule has 3 amide bonds. The van der Waals surface area contributed by atoms with Crippen molar-refractivity contribution in [3.05, 3.63) is 214 Å². The molecule has 0 saturated carbocycles. The molecule has 18 rings (SSSR count). The molecule has 9 aliphatic heterocycles. The maximum absolute atomic E-state index is 12.7. The number of likely N-dealkylation sites (tertiary alicyclic amines) is 3. The number of nitrogens with zero attached hydrogens (tertiary/aromatic N) is 19. The molecule has 25 nitrogen and oxygen atoms in total. The van der Waals surface area contributed by atoms with Crippen molar-refractivity contribution in [2.24, 2.45) is 0 Å². The Morgan fingerprint density at radius 3 is 1.11 bits per heavy atom. The summed E-state index contributed by atoms with van der Waals surface area (Å²) in [6, 6.07) is 49.0. The van der Waals surface area contributed by atoms with Gasteiger partial charge in [-0.05, 0) is 202 Å². The number of fused-ring (bicyclic) bond motifs is 6. The Morgan fingerprint density at radius 2 is 0.766 bits per heavy atom. The largest absolute Gasteiger partial charge is 0.475 e. The normalized spacial score (nSPS) is 20.6. The molecular formula is C103H119N19O6. The second-order valence-electron chi connectivity index (χ2n) is 35.9. The molecule has 128 heavy (non-hydrogen) atoms. The van der Waals surface area contributed by atoms with Crippen LogP contribution < -0.4 is 43.6 Å². The molecule has 0 aliphatic carbocycles. The number of likely N-dealkylation sites (N-methyl/N-ethyl adjacent to an activating group) is 3. The van der Waals surface area contributed by atoms with Crippen molar-refractivity contribution < 1.29 is 28.6 Å². The number of pyridine rings is 3. The minimum atomic E-state index is -0.301. The maximum Gasteiger partial charge on any atom is 0.246 e. The molecule has 6 aromatic carbocycles. The van der Waals surface area contributed by atoms with Gasteiger partial charge in [-0.3, -0.25) is 14.4 Å². The van der Waals surface area contributed by atoms with Gasteiger partial charge in [0, 0.05) is 159 Å². The van der Waals surface area contributed by atoms with Gasteiger partial charge in [-0.1, -0.05) is 111 Å². The summed E-state index contributed by atoms with van der Waals surface area (Å²) in [6.45, 7) is 35.8. The predicted molar refractivity (Wildman–Crippen MR) is 506 cm³/mol. The average molecular weight is 1720 g/mol. The fraction of sp³-hybridized carbons (Fsp3) is 0.437. The summed E-state index contributed by atoms with van der Waals surface area (Å²) >= 11 is 0. The molecule has 3 aromatic heterocycles. The van der Waals surface area contributed by atoms with Crippen molar-refractivity contribution in [2.45, 2.75) is 155 Å². The van der Waals surface area contributed by atoms with Crippen molar-refractivity contribution in [1.82, 2.24) is 44.4 Å². The number of piperazine rings is 3. The maximum atomic E-state index is 12.7. The molecule has 6 atom stereocenters. The molecule has 0 radical (unpaired) electrons.